The van der Waals surface area contributed by atoms with E-state index in [0.29, 0.717) is 6.07 Å². The van der Waals surface area contributed by atoms with Crippen LogP contribution in [0.5, 0.6) is 5.75 Å². The summed E-state index contributed by atoms with van der Waals surface area (Å²) in [6, 6.07) is 2.85. The first-order valence-electron chi connectivity index (χ1n) is 5.54. The van der Waals surface area contributed by atoms with Gasteiger partial charge in [0.15, 0.2) is 18.2 Å². The number of hydrogen-bond acceptors (Lipinski definition) is 3. The molecule has 0 bridgehead atoms. The molecule has 2 rings (SSSR count). The zero-order valence-corrected chi connectivity index (χ0v) is 9.58. The molecule has 0 atom stereocenters. The van der Waals surface area contributed by atoms with E-state index in [0.717, 1.165) is 25.0 Å². The summed E-state index contributed by atoms with van der Waals surface area (Å²) in [5.41, 5.74) is -0.526. The molecule has 0 saturated heterocycles. The van der Waals surface area contributed by atoms with Crippen molar-refractivity contribution in [2.24, 2.45) is 0 Å². The SMILES string of the molecule is O=C(COc1ccc(F)cc1F)NC1(CO)CC1. The fourth-order valence-electron chi connectivity index (χ4n) is 1.54. The van der Waals surface area contributed by atoms with E-state index in [-0.39, 0.29) is 19.0 Å². The fraction of sp³-hybridized carbons (Fsp3) is 0.417. The number of halogens is 2. The van der Waals surface area contributed by atoms with Gasteiger partial charge in [-0.25, -0.2) is 8.78 Å². The predicted molar refractivity (Wildman–Crippen MR) is 59.0 cm³/mol. The average molecular weight is 257 g/mol. The highest BCUT2D eigenvalue weighted by Crippen LogP contribution is 2.34. The largest absolute Gasteiger partial charge is 0.481 e. The summed E-state index contributed by atoms with van der Waals surface area (Å²) in [5, 5.41) is 11.6. The zero-order valence-electron chi connectivity index (χ0n) is 9.58. The minimum atomic E-state index is -0.855. The minimum Gasteiger partial charge on any atom is -0.481 e. The van der Waals surface area contributed by atoms with Gasteiger partial charge in [0, 0.05) is 6.07 Å². The Balaban J connectivity index is 1.85. The summed E-state index contributed by atoms with van der Waals surface area (Å²) in [7, 11) is 0. The molecule has 1 fully saturated rings. The first kappa shape index (κ1) is 12.8. The molecule has 0 unspecified atom stereocenters. The third-order valence-electron chi connectivity index (χ3n) is 2.81. The van der Waals surface area contributed by atoms with Gasteiger partial charge in [-0.3, -0.25) is 4.79 Å². The third kappa shape index (κ3) is 2.95. The summed E-state index contributed by atoms with van der Waals surface area (Å²) in [4.78, 5) is 11.5. The highest BCUT2D eigenvalue weighted by molar-refractivity contribution is 5.78. The summed E-state index contributed by atoms with van der Waals surface area (Å²) < 4.78 is 30.7. The Morgan fingerprint density at radius 2 is 2.17 bits per heavy atom. The van der Waals surface area contributed by atoms with Crippen LogP contribution in [0.1, 0.15) is 12.8 Å². The summed E-state index contributed by atoms with van der Waals surface area (Å²) in [5.74, 6) is -2.18. The van der Waals surface area contributed by atoms with E-state index in [1.165, 1.54) is 0 Å². The molecule has 4 nitrogen and oxygen atoms in total. The van der Waals surface area contributed by atoms with Crippen molar-refractivity contribution < 1.29 is 23.4 Å². The van der Waals surface area contributed by atoms with Crippen molar-refractivity contribution >= 4 is 5.91 Å². The van der Waals surface area contributed by atoms with E-state index in [2.05, 4.69) is 5.32 Å². The van der Waals surface area contributed by atoms with Gasteiger partial charge in [-0.2, -0.15) is 0 Å². The molecule has 0 aliphatic heterocycles. The molecule has 1 amide bonds. The lowest BCUT2D eigenvalue weighted by molar-refractivity contribution is -0.124. The molecule has 0 spiro atoms. The Hall–Kier alpha value is -1.69. The molecule has 0 heterocycles. The van der Waals surface area contributed by atoms with Crippen molar-refractivity contribution in [2.75, 3.05) is 13.2 Å². The molecule has 1 aromatic rings. The van der Waals surface area contributed by atoms with Crippen molar-refractivity contribution in [2.45, 2.75) is 18.4 Å². The van der Waals surface area contributed by atoms with Crippen LogP contribution in [-0.2, 0) is 4.79 Å². The topological polar surface area (TPSA) is 58.6 Å². The van der Waals surface area contributed by atoms with Gasteiger partial charge in [0.05, 0.1) is 12.1 Å². The molecule has 18 heavy (non-hydrogen) atoms. The highest BCUT2D eigenvalue weighted by atomic mass is 19.1. The lowest BCUT2D eigenvalue weighted by atomic mass is 10.3. The van der Waals surface area contributed by atoms with E-state index < -0.39 is 23.1 Å². The lowest BCUT2D eigenvalue weighted by Gasteiger charge is -2.14. The monoisotopic (exact) mass is 257 g/mol. The molecule has 1 aromatic carbocycles. The summed E-state index contributed by atoms with van der Waals surface area (Å²) in [6.07, 6.45) is 1.44. The number of aliphatic hydroxyl groups is 1. The second-order valence-electron chi connectivity index (χ2n) is 4.35. The Labute approximate surface area is 103 Å². The predicted octanol–water partition coefficient (Wildman–Crippen LogP) is 0.985. The van der Waals surface area contributed by atoms with Crippen LogP contribution in [0.4, 0.5) is 8.78 Å². The van der Waals surface area contributed by atoms with E-state index in [1.807, 2.05) is 0 Å². The van der Waals surface area contributed by atoms with Crippen molar-refractivity contribution in [1.82, 2.24) is 5.32 Å². The molecule has 6 heteroatoms. The second-order valence-corrected chi connectivity index (χ2v) is 4.35. The maximum absolute atomic E-state index is 13.2. The van der Waals surface area contributed by atoms with Crippen LogP contribution in [0, 0.1) is 11.6 Å². The standard InChI is InChI=1S/C12H13F2NO3/c13-8-1-2-10(9(14)5-8)18-6-11(17)15-12(7-16)3-4-12/h1-2,5,16H,3-4,6-7H2,(H,15,17). The van der Waals surface area contributed by atoms with E-state index >= 15 is 0 Å². The van der Waals surface area contributed by atoms with Crippen molar-refractivity contribution in [3.8, 4) is 5.75 Å². The first-order valence-corrected chi connectivity index (χ1v) is 5.54. The maximum Gasteiger partial charge on any atom is 0.258 e. The second kappa shape index (κ2) is 4.89. The number of benzene rings is 1. The number of nitrogens with one attached hydrogen (secondary N) is 1. The Kier molecular flexibility index (Phi) is 3.47. The number of carbonyl (C=O) groups excluding carboxylic acids is 1. The molecule has 98 valence electrons. The highest BCUT2D eigenvalue weighted by Gasteiger charge is 2.43. The summed E-state index contributed by atoms with van der Waals surface area (Å²) in [6.45, 7) is -0.492. The fourth-order valence-corrected chi connectivity index (χ4v) is 1.54. The quantitative estimate of drug-likeness (QED) is 0.826. The van der Waals surface area contributed by atoms with Crippen molar-refractivity contribution in [3.05, 3.63) is 29.8 Å². The molecule has 2 N–H and O–H groups in total. The minimum absolute atomic E-state index is 0.121. The van der Waals surface area contributed by atoms with Crippen molar-refractivity contribution in [1.29, 1.82) is 0 Å². The van der Waals surface area contributed by atoms with Gasteiger partial charge >= 0.3 is 0 Å². The van der Waals surface area contributed by atoms with E-state index in [4.69, 9.17) is 9.84 Å². The van der Waals surface area contributed by atoms with Gasteiger partial charge < -0.3 is 15.2 Å². The number of amides is 1. The Bertz CT molecular complexity index is 461. The molecule has 1 aliphatic rings. The normalized spacial score (nSPS) is 16.2. The van der Waals surface area contributed by atoms with Gasteiger partial charge in [0.1, 0.15) is 5.82 Å². The zero-order chi connectivity index (χ0) is 13.2. The van der Waals surface area contributed by atoms with Gasteiger partial charge in [-0.1, -0.05) is 0 Å². The van der Waals surface area contributed by atoms with E-state index in [1.54, 1.807) is 0 Å². The number of hydrogen-bond donors (Lipinski definition) is 2. The number of rotatable bonds is 5. The molecule has 1 saturated carbocycles. The van der Waals surface area contributed by atoms with Crippen LogP contribution in [0.3, 0.4) is 0 Å². The summed E-state index contributed by atoms with van der Waals surface area (Å²) >= 11 is 0. The Morgan fingerprint density at radius 1 is 1.44 bits per heavy atom. The van der Waals surface area contributed by atoms with Crippen LogP contribution in [0.25, 0.3) is 0 Å². The number of ether oxygens (including phenoxy) is 1. The van der Waals surface area contributed by atoms with Gasteiger partial charge in [0.25, 0.3) is 5.91 Å². The van der Waals surface area contributed by atoms with E-state index in [9.17, 15) is 13.6 Å². The number of carbonyl (C=O) groups is 1. The average Bonchev–Trinajstić information content (AvgIpc) is 3.08. The van der Waals surface area contributed by atoms with Crippen LogP contribution in [-0.4, -0.2) is 29.8 Å². The molecule has 0 aromatic heterocycles. The third-order valence-corrected chi connectivity index (χ3v) is 2.81. The Morgan fingerprint density at radius 3 is 2.72 bits per heavy atom. The van der Waals surface area contributed by atoms with Crippen LogP contribution in [0.15, 0.2) is 18.2 Å². The van der Waals surface area contributed by atoms with Gasteiger partial charge in [-0.05, 0) is 25.0 Å². The van der Waals surface area contributed by atoms with Crippen LogP contribution < -0.4 is 10.1 Å². The maximum atomic E-state index is 13.2. The van der Waals surface area contributed by atoms with Crippen LogP contribution in [0.2, 0.25) is 0 Å². The molecule has 0 radical (unpaired) electrons. The van der Waals surface area contributed by atoms with Crippen molar-refractivity contribution in [3.63, 3.8) is 0 Å². The smallest absolute Gasteiger partial charge is 0.258 e. The van der Waals surface area contributed by atoms with Crippen LogP contribution >= 0.6 is 0 Å². The molecule has 1 aliphatic carbocycles. The number of aliphatic hydroxyl groups excluding tert-OH is 1. The molecular formula is C12H13F2NO3. The molecular weight excluding hydrogens is 244 g/mol. The van der Waals surface area contributed by atoms with Gasteiger partial charge in [-0.15, -0.1) is 0 Å². The first-order chi connectivity index (χ1) is 8.54. The lowest BCUT2D eigenvalue weighted by Crippen LogP contribution is -2.42. The van der Waals surface area contributed by atoms with Gasteiger partial charge in [0.2, 0.25) is 0 Å².